The minimum Gasteiger partial charge on any atom is -0.282 e. The second-order valence-corrected chi connectivity index (χ2v) is 2.92. The fourth-order valence-electron chi connectivity index (χ4n) is 1.37. The Morgan fingerprint density at radius 2 is 2.20 bits per heavy atom. The van der Waals surface area contributed by atoms with Gasteiger partial charge in [0.1, 0.15) is 6.17 Å². The third-order valence-corrected chi connectivity index (χ3v) is 2.10. The van der Waals surface area contributed by atoms with Crippen LogP contribution in [0.5, 0.6) is 0 Å². The van der Waals surface area contributed by atoms with Crippen molar-refractivity contribution in [2.45, 2.75) is 31.8 Å². The van der Waals surface area contributed by atoms with Crippen LogP contribution in [0.4, 0.5) is 0 Å². The van der Waals surface area contributed by atoms with Gasteiger partial charge in [0.05, 0.1) is 0 Å². The molecule has 1 rings (SSSR count). The summed E-state index contributed by atoms with van der Waals surface area (Å²) in [6.07, 6.45) is 4.50. The van der Waals surface area contributed by atoms with E-state index < -0.39 is 0 Å². The Morgan fingerprint density at radius 3 is 2.90 bits per heavy atom. The monoisotopic (exact) mass is 142 g/mol. The predicted octanol–water partition coefficient (Wildman–Crippen LogP) is 1.58. The molecule has 0 amide bonds. The summed E-state index contributed by atoms with van der Waals surface area (Å²) < 4.78 is 0. The van der Waals surface area contributed by atoms with Gasteiger partial charge in [0.15, 0.2) is 0 Å². The van der Waals surface area contributed by atoms with Gasteiger partial charge in [0.25, 0.3) is 0 Å². The van der Waals surface area contributed by atoms with Crippen molar-refractivity contribution in [3.8, 4) is 0 Å². The van der Waals surface area contributed by atoms with Crippen molar-refractivity contribution in [3.63, 3.8) is 0 Å². The van der Waals surface area contributed by atoms with E-state index in [4.69, 9.17) is 0 Å². The minimum atomic E-state index is -0.0532. The van der Waals surface area contributed by atoms with E-state index in [1.807, 2.05) is 11.9 Å². The number of likely N-dealkylation sites (tertiary alicyclic amines) is 1. The maximum absolute atomic E-state index is 10.2. The number of rotatable bonds is 1. The first-order chi connectivity index (χ1) is 4.84. The first-order valence-electron chi connectivity index (χ1n) is 3.87. The Balaban J connectivity index is 2.43. The highest BCUT2D eigenvalue weighted by atomic mass is 16.3. The van der Waals surface area contributed by atoms with Crippen LogP contribution in [0.15, 0.2) is 5.18 Å². The lowest BCUT2D eigenvalue weighted by Gasteiger charge is -2.17. The van der Waals surface area contributed by atoms with Gasteiger partial charge in [-0.15, -0.1) is 4.91 Å². The molecule has 10 heavy (non-hydrogen) atoms. The SMILES string of the molecule is CN1CCCCCC1N=O. The van der Waals surface area contributed by atoms with Crippen molar-refractivity contribution >= 4 is 0 Å². The predicted molar refractivity (Wildman–Crippen MR) is 40.7 cm³/mol. The van der Waals surface area contributed by atoms with Crippen molar-refractivity contribution in [2.24, 2.45) is 5.18 Å². The van der Waals surface area contributed by atoms with E-state index in [2.05, 4.69) is 5.18 Å². The Morgan fingerprint density at radius 1 is 1.40 bits per heavy atom. The molecule has 1 saturated heterocycles. The Labute approximate surface area is 61.4 Å². The van der Waals surface area contributed by atoms with E-state index >= 15 is 0 Å². The van der Waals surface area contributed by atoms with Gasteiger partial charge in [0.2, 0.25) is 0 Å². The van der Waals surface area contributed by atoms with Crippen LogP contribution in [0, 0.1) is 4.91 Å². The maximum Gasteiger partial charge on any atom is 0.144 e. The fourth-order valence-corrected chi connectivity index (χ4v) is 1.37. The number of hydrogen-bond acceptors (Lipinski definition) is 3. The van der Waals surface area contributed by atoms with Crippen LogP contribution in [0.3, 0.4) is 0 Å². The Bertz CT molecular complexity index is 116. The average molecular weight is 142 g/mol. The molecule has 0 radical (unpaired) electrons. The zero-order valence-electron chi connectivity index (χ0n) is 6.42. The van der Waals surface area contributed by atoms with E-state index in [1.54, 1.807) is 0 Å². The molecule has 0 aromatic rings. The molecular weight excluding hydrogens is 128 g/mol. The standard InChI is InChI=1S/C7H14N2O/c1-9-6-4-2-3-5-7(9)8-10/h7H,2-6H2,1H3. The Hall–Kier alpha value is -0.440. The summed E-state index contributed by atoms with van der Waals surface area (Å²) in [7, 11) is 1.97. The van der Waals surface area contributed by atoms with E-state index in [9.17, 15) is 4.91 Å². The molecule has 0 aromatic carbocycles. The normalized spacial score (nSPS) is 29.5. The van der Waals surface area contributed by atoms with Gasteiger partial charge < -0.3 is 0 Å². The topological polar surface area (TPSA) is 32.7 Å². The summed E-state index contributed by atoms with van der Waals surface area (Å²) in [4.78, 5) is 12.3. The fraction of sp³-hybridized carbons (Fsp3) is 1.00. The molecule has 58 valence electrons. The molecule has 0 aromatic heterocycles. The highest BCUT2D eigenvalue weighted by Crippen LogP contribution is 2.15. The van der Waals surface area contributed by atoms with Gasteiger partial charge in [-0.2, -0.15) is 0 Å². The highest BCUT2D eigenvalue weighted by molar-refractivity contribution is 4.69. The zero-order chi connectivity index (χ0) is 7.40. The molecule has 1 aliphatic heterocycles. The lowest BCUT2D eigenvalue weighted by Crippen LogP contribution is -2.28. The molecule has 0 bridgehead atoms. The second-order valence-electron chi connectivity index (χ2n) is 2.92. The summed E-state index contributed by atoms with van der Waals surface area (Å²) in [6, 6.07) is 0. The molecular formula is C7H14N2O. The van der Waals surface area contributed by atoms with Crippen LogP contribution in [0.25, 0.3) is 0 Å². The van der Waals surface area contributed by atoms with Crippen LogP contribution in [0.2, 0.25) is 0 Å². The third-order valence-electron chi connectivity index (χ3n) is 2.10. The Kier molecular flexibility index (Phi) is 2.81. The molecule has 0 spiro atoms. The summed E-state index contributed by atoms with van der Waals surface area (Å²) >= 11 is 0. The molecule has 0 aliphatic carbocycles. The molecule has 0 saturated carbocycles. The second kappa shape index (κ2) is 3.66. The van der Waals surface area contributed by atoms with Gasteiger partial charge in [-0.25, -0.2) is 0 Å². The quantitative estimate of drug-likeness (QED) is 0.521. The zero-order valence-corrected chi connectivity index (χ0v) is 6.42. The van der Waals surface area contributed by atoms with Crippen LogP contribution >= 0.6 is 0 Å². The largest absolute Gasteiger partial charge is 0.282 e. The smallest absolute Gasteiger partial charge is 0.144 e. The van der Waals surface area contributed by atoms with Crippen molar-refractivity contribution in [2.75, 3.05) is 13.6 Å². The molecule has 1 heterocycles. The molecule has 3 heteroatoms. The average Bonchev–Trinajstić information content (AvgIpc) is 2.13. The molecule has 3 nitrogen and oxygen atoms in total. The first kappa shape index (κ1) is 7.66. The van der Waals surface area contributed by atoms with E-state index in [1.165, 1.54) is 12.8 Å². The van der Waals surface area contributed by atoms with Crippen LogP contribution < -0.4 is 0 Å². The van der Waals surface area contributed by atoms with Gasteiger partial charge in [-0.05, 0) is 32.9 Å². The number of nitroso groups, excluding NO2 is 1. The molecule has 0 N–H and O–H groups in total. The molecule has 1 unspecified atom stereocenters. The van der Waals surface area contributed by atoms with E-state index in [-0.39, 0.29) is 6.17 Å². The minimum absolute atomic E-state index is 0.0532. The maximum atomic E-state index is 10.2. The number of hydrogen-bond donors (Lipinski definition) is 0. The van der Waals surface area contributed by atoms with Crippen LogP contribution in [-0.2, 0) is 0 Å². The van der Waals surface area contributed by atoms with Crippen molar-refractivity contribution in [1.29, 1.82) is 0 Å². The lowest BCUT2D eigenvalue weighted by molar-refractivity contribution is 0.253. The number of nitrogens with zero attached hydrogens (tertiary/aromatic N) is 2. The molecule has 1 atom stereocenters. The summed E-state index contributed by atoms with van der Waals surface area (Å²) in [6.45, 7) is 1.02. The third kappa shape index (κ3) is 1.77. The highest BCUT2D eigenvalue weighted by Gasteiger charge is 2.16. The van der Waals surface area contributed by atoms with Crippen molar-refractivity contribution in [3.05, 3.63) is 4.91 Å². The summed E-state index contributed by atoms with van der Waals surface area (Å²) in [5, 5.41) is 3.06. The summed E-state index contributed by atoms with van der Waals surface area (Å²) in [5.74, 6) is 0. The lowest BCUT2D eigenvalue weighted by atomic mass is 10.2. The van der Waals surface area contributed by atoms with Crippen LogP contribution in [0.1, 0.15) is 25.7 Å². The van der Waals surface area contributed by atoms with E-state index in [0.29, 0.717) is 0 Å². The van der Waals surface area contributed by atoms with Gasteiger partial charge in [0, 0.05) is 0 Å². The van der Waals surface area contributed by atoms with Gasteiger partial charge in [-0.1, -0.05) is 11.6 Å². The van der Waals surface area contributed by atoms with E-state index in [0.717, 1.165) is 19.4 Å². The van der Waals surface area contributed by atoms with Crippen molar-refractivity contribution in [1.82, 2.24) is 4.90 Å². The van der Waals surface area contributed by atoms with Crippen molar-refractivity contribution < 1.29 is 0 Å². The van der Waals surface area contributed by atoms with Crippen LogP contribution in [-0.4, -0.2) is 24.7 Å². The molecule has 1 aliphatic rings. The molecule has 1 fully saturated rings. The first-order valence-corrected chi connectivity index (χ1v) is 3.87. The van der Waals surface area contributed by atoms with Gasteiger partial charge in [-0.3, -0.25) is 4.90 Å². The van der Waals surface area contributed by atoms with Gasteiger partial charge >= 0.3 is 0 Å². The summed E-state index contributed by atoms with van der Waals surface area (Å²) in [5.41, 5.74) is 0.